The van der Waals surface area contributed by atoms with Gasteiger partial charge in [0.15, 0.2) is 0 Å². The van der Waals surface area contributed by atoms with E-state index in [2.05, 4.69) is 24.0 Å². The number of hydrogen-bond donors (Lipinski definition) is 1. The van der Waals surface area contributed by atoms with E-state index in [0.29, 0.717) is 0 Å². The van der Waals surface area contributed by atoms with E-state index < -0.39 is 0 Å². The molecule has 0 saturated carbocycles. The minimum atomic E-state index is 0. The van der Waals surface area contributed by atoms with Crippen LogP contribution in [0.4, 0.5) is 0 Å². The fraction of sp³-hybridized carbons (Fsp3) is 0.692. The number of furan rings is 1. The highest BCUT2D eigenvalue weighted by Crippen LogP contribution is 2.18. The molecule has 0 aromatic carbocycles. The smallest absolute Gasteiger partial charge is 0.118 e. The number of hydrogen-bond acceptors (Lipinski definition) is 4. The van der Waals surface area contributed by atoms with Gasteiger partial charge in [0.2, 0.25) is 0 Å². The van der Waals surface area contributed by atoms with E-state index >= 15 is 0 Å². The topological polar surface area (TPSA) is 51.4 Å². The molecule has 2 heterocycles. The van der Waals surface area contributed by atoms with Crippen LogP contribution >= 0.6 is 11.8 Å². The fourth-order valence-electron chi connectivity index (χ4n) is 2.13. The van der Waals surface area contributed by atoms with Gasteiger partial charge in [0.1, 0.15) is 11.5 Å². The van der Waals surface area contributed by atoms with Crippen molar-refractivity contribution in [1.29, 1.82) is 0 Å². The third-order valence-corrected chi connectivity index (χ3v) is 3.89. The highest BCUT2D eigenvalue weighted by atomic mass is 32.2. The maximum atomic E-state index is 5.83. The quantitative estimate of drug-likeness (QED) is 0.873. The molecule has 3 N–H and O–H groups in total. The standard InChI is InChI=1S/C13H21NOS.H3N/c1-2-16-11-13-7-6-12(15-13)10-14-8-4-3-5-9-14;/h6-7H,2-5,8-11H2,1H3;1H3. The van der Waals surface area contributed by atoms with Crippen molar-refractivity contribution in [2.75, 3.05) is 18.8 Å². The molecule has 3 nitrogen and oxygen atoms in total. The van der Waals surface area contributed by atoms with Crippen LogP contribution in [0.15, 0.2) is 16.5 Å². The van der Waals surface area contributed by atoms with Crippen LogP contribution in [0.1, 0.15) is 37.7 Å². The highest BCUT2D eigenvalue weighted by Gasteiger charge is 2.12. The molecule has 1 fully saturated rings. The number of piperidine rings is 1. The van der Waals surface area contributed by atoms with Gasteiger partial charge in [-0.05, 0) is 43.8 Å². The van der Waals surface area contributed by atoms with Gasteiger partial charge in [0.25, 0.3) is 0 Å². The van der Waals surface area contributed by atoms with E-state index in [4.69, 9.17) is 4.42 Å². The molecule has 98 valence electrons. The van der Waals surface area contributed by atoms with Crippen molar-refractivity contribution >= 4 is 11.8 Å². The van der Waals surface area contributed by atoms with E-state index in [1.807, 2.05) is 11.8 Å². The molecular weight excluding hydrogens is 232 g/mol. The van der Waals surface area contributed by atoms with E-state index in [1.54, 1.807) is 0 Å². The first-order chi connectivity index (χ1) is 7.88. The van der Waals surface area contributed by atoms with Crippen LogP contribution in [0.3, 0.4) is 0 Å². The van der Waals surface area contributed by atoms with Crippen molar-refractivity contribution in [3.05, 3.63) is 23.7 Å². The van der Waals surface area contributed by atoms with Crippen molar-refractivity contribution in [3.63, 3.8) is 0 Å². The van der Waals surface area contributed by atoms with Crippen LogP contribution in [-0.2, 0) is 12.3 Å². The summed E-state index contributed by atoms with van der Waals surface area (Å²) in [4.78, 5) is 2.50. The van der Waals surface area contributed by atoms with Gasteiger partial charge in [-0.2, -0.15) is 11.8 Å². The maximum absolute atomic E-state index is 5.83. The normalized spacial score (nSPS) is 16.8. The molecule has 1 aromatic heterocycles. The van der Waals surface area contributed by atoms with Crippen LogP contribution in [0.5, 0.6) is 0 Å². The van der Waals surface area contributed by atoms with Crippen LogP contribution in [0, 0.1) is 0 Å². The summed E-state index contributed by atoms with van der Waals surface area (Å²) in [5.41, 5.74) is 0. The molecule has 1 aliphatic heterocycles. The summed E-state index contributed by atoms with van der Waals surface area (Å²) in [5.74, 6) is 4.42. The third kappa shape index (κ3) is 4.74. The second-order valence-corrected chi connectivity index (χ2v) is 5.62. The Morgan fingerprint density at radius 1 is 1.18 bits per heavy atom. The minimum absolute atomic E-state index is 0. The molecule has 0 amide bonds. The van der Waals surface area contributed by atoms with E-state index in [0.717, 1.165) is 29.6 Å². The van der Waals surface area contributed by atoms with Gasteiger partial charge in [-0.15, -0.1) is 0 Å². The van der Waals surface area contributed by atoms with Crippen molar-refractivity contribution in [1.82, 2.24) is 11.1 Å². The molecule has 0 aliphatic carbocycles. The molecular formula is C13H24N2OS. The molecule has 0 atom stereocenters. The summed E-state index contributed by atoms with van der Waals surface area (Å²) in [5, 5.41) is 0. The number of thioether (sulfide) groups is 1. The first-order valence-electron chi connectivity index (χ1n) is 6.26. The molecule has 1 saturated heterocycles. The molecule has 1 aliphatic rings. The van der Waals surface area contributed by atoms with Gasteiger partial charge in [-0.1, -0.05) is 13.3 Å². The van der Waals surface area contributed by atoms with Gasteiger partial charge in [-0.25, -0.2) is 0 Å². The van der Waals surface area contributed by atoms with Crippen molar-refractivity contribution in [2.45, 2.75) is 38.5 Å². The predicted octanol–water partition coefficient (Wildman–Crippen LogP) is 3.68. The average Bonchev–Trinajstić information content (AvgIpc) is 2.75. The maximum Gasteiger partial charge on any atom is 0.118 e. The van der Waals surface area contributed by atoms with Crippen molar-refractivity contribution in [3.8, 4) is 0 Å². The lowest BCUT2D eigenvalue weighted by molar-refractivity contribution is 0.204. The fourth-order valence-corrected chi connectivity index (χ4v) is 2.69. The number of nitrogens with zero attached hydrogens (tertiary/aromatic N) is 1. The second kappa shape index (κ2) is 7.80. The SMILES string of the molecule is CCSCc1ccc(CN2CCCCC2)o1.N. The Morgan fingerprint density at radius 3 is 2.59 bits per heavy atom. The summed E-state index contributed by atoms with van der Waals surface area (Å²) < 4.78 is 5.83. The minimum Gasteiger partial charge on any atom is -0.464 e. The van der Waals surface area contributed by atoms with Crippen LogP contribution in [0.25, 0.3) is 0 Å². The van der Waals surface area contributed by atoms with Gasteiger partial charge < -0.3 is 10.6 Å². The Hall–Kier alpha value is -0.450. The Bertz CT molecular complexity index is 308. The Morgan fingerprint density at radius 2 is 1.88 bits per heavy atom. The molecule has 0 radical (unpaired) electrons. The zero-order valence-corrected chi connectivity index (χ0v) is 11.6. The van der Waals surface area contributed by atoms with Crippen LogP contribution in [-0.4, -0.2) is 23.7 Å². The summed E-state index contributed by atoms with van der Waals surface area (Å²) in [6.07, 6.45) is 4.09. The van der Waals surface area contributed by atoms with Crippen molar-refractivity contribution < 1.29 is 4.42 Å². The number of rotatable bonds is 5. The number of likely N-dealkylation sites (tertiary alicyclic amines) is 1. The van der Waals surface area contributed by atoms with E-state index in [-0.39, 0.29) is 6.15 Å². The second-order valence-electron chi connectivity index (χ2n) is 4.34. The molecule has 0 spiro atoms. The van der Waals surface area contributed by atoms with Crippen molar-refractivity contribution in [2.24, 2.45) is 0 Å². The lowest BCUT2D eigenvalue weighted by Crippen LogP contribution is -2.28. The molecule has 4 heteroatoms. The summed E-state index contributed by atoms with van der Waals surface area (Å²) in [6, 6.07) is 4.27. The molecule has 2 rings (SSSR count). The zero-order chi connectivity index (χ0) is 11.2. The highest BCUT2D eigenvalue weighted by molar-refractivity contribution is 7.98. The zero-order valence-electron chi connectivity index (χ0n) is 10.8. The van der Waals surface area contributed by atoms with E-state index in [1.165, 1.54) is 32.4 Å². The summed E-state index contributed by atoms with van der Waals surface area (Å²) >= 11 is 1.91. The van der Waals surface area contributed by atoms with Gasteiger partial charge >= 0.3 is 0 Å². The van der Waals surface area contributed by atoms with Crippen LogP contribution in [0.2, 0.25) is 0 Å². The van der Waals surface area contributed by atoms with Crippen LogP contribution < -0.4 is 6.15 Å². The lowest BCUT2D eigenvalue weighted by Gasteiger charge is -2.25. The van der Waals surface area contributed by atoms with E-state index in [9.17, 15) is 0 Å². The van der Waals surface area contributed by atoms with Gasteiger partial charge in [0, 0.05) is 0 Å². The summed E-state index contributed by atoms with van der Waals surface area (Å²) in [6.45, 7) is 5.65. The predicted molar refractivity (Wildman–Crippen MR) is 74.7 cm³/mol. The first kappa shape index (κ1) is 14.6. The average molecular weight is 256 g/mol. The third-order valence-electron chi connectivity index (χ3n) is 2.99. The van der Waals surface area contributed by atoms with Gasteiger partial charge in [0.05, 0.1) is 12.3 Å². The summed E-state index contributed by atoms with van der Waals surface area (Å²) in [7, 11) is 0. The monoisotopic (exact) mass is 256 g/mol. The Kier molecular flexibility index (Phi) is 6.70. The van der Waals surface area contributed by atoms with Gasteiger partial charge in [-0.3, -0.25) is 4.90 Å². The molecule has 1 aromatic rings. The Balaban J connectivity index is 0.00000144. The lowest BCUT2D eigenvalue weighted by atomic mass is 10.1. The largest absolute Gasteiger partial charge is 0.464 e. The molecule has 0 bridgehead atoms. The Labute approximate surface area is 109 Å². The first-order valence-corrected chi connectivity index (χ1v) is 7.41. The molecule has 0 unspecified atom stereocenters. The molecule has 17 heavy (non-hydrogen) atoms.